The van der Waals surface area contributed by atoms with Crippen molar-refractivity contribution in [3.8, 4) is 5.69 Å². The van der Waals surface area contributed by atoms with E-state index in [1.54, 1.807) is 23.4 Å². The van der Waals surface area contributed by atoms with Crippen LogP contribution in [-0.4, -0.2) is 47.9 Å². The summed E-state index contributed by atoms with van der Waals surface area (Å²) in [4.78, 5) is 18.9. The lowest BCUT2D eigenvalue weighted by molar-refractivity contribution is 0.0718. The molecule has 0 spiro atoms. The van der Waals surface area contributed by atoms with Gasteiger partial charge in [0.25, 0.3) is 5.91 Å². The number of amides is 1. The fourth-order valence-corrected chi connectivity index (χ4v) is 3.34. The number of benzene rings is 1. The zero-order valence-corrected chi connectivity index (χ0v) is 14.1. The number of carbonyl (C=O) groups excluding carboxylic acids is 1. The van der Waals surface area contributed by atoms with Crippen LogP contribution in [0.3, 0.4) is 0 Å². The number of imidazole rings is 1. The van der Waals surface area contributed by atoms with Gasteiger partial charge in [-0.2, -0.15) is 0 Å². The first kappa shape index (κ1) is 15.6. The van der Waals surface area contributed by atoms with Gasteiger partial charge in [-0.05, 0) is 37.5 Å². The fraction of sp³-hybridized carbons (Fsp3) is 0.333. The molecule has 7 nitrogen and oxygen atoms in total. The predicted octanol–water partition coefficient (Wildman–Crippen LogP) is 2.08. The van der Waals surface area contributed by atoms with Crippen molar-refractivity contribution in [1.29, 1.82) is 0 Å². The van der Waals surface area contributed by atoms with Gasteiger partial charge in [0, 0.05) is 25.5 Å². The number of aryl methyl sites for hydroxylation is 1. The molecular weight excluding hydrogens is 316 g/mol. The SMILES string of the molecule is Cc1cccc(-n2cc(C(=O)N3CCCC3Cn3ccnc3)nn2)c1. The van der Waals surface area contributed by atoms with E-state index in [-0.39, 0.29) is 11.9 Å². The molecule has 1 aromatic carbocycles. The van der Waals surface area contributed by atoms with E-state index in [0.29, 0.717) is 5.69 Å². The Bertz CT molecular complexity index is 869. The second-order valence-corrected chi connectivity index (χ2v) is 6.44. The number of nitrogens with zero attached hydrogens (tertiary/aromatic N) is 6. The lowest BCUT2D eigenvalue weighted by Gasteiger charge is -2.24. The van der Waals surface area contributed by atoms with E-state index >= 15 is 0 Å². The molecular formula is C18H20N6O. The molecule has 0 saturated carbocycles. The average molecular weight is 336 g/mol. The van der Waals surface area contributed by atoms with Crippen LogP contribution in [0.4, 0.5) is 0 Å². The van der Waals surface area contributed by atoms with Gasteiger partial charge >= 0.3 is 0 Å². The molecule has 25 heavy (non-hydrogen) atoms. The van der Waals surface area contributed by atoms with Gasteiger partial charge in [-0.15, -0.1) is 5.10 Å². The highest BCUT2D eigenvalue weighted by atomic mass is 16.2. The van der Waals surface area contributed by atoms with Crippen LogP contribution < -0.4 is 0 Å². The van der Waals surface area contributed by atoms with Gasteiger partial charge in [0.1, 0.15) is 0 Å². The van der Waals surface area contributed by atoms with Gasteiger partial charge in [-0.3, -0.25) is 4.79 Å². The molecule has 3 heterocycles. The number of hydrogen-bond donors (Lipinski definition) is 0. The van der Waals surface area contributed by atoms with E-state index < -0.39 is 0 Å². The second kappa shape index (κ2) is 6.51. The first-order valence-corrected chi connectivity index (χ1v) is 8.47. The highest BCUT2D eigenvalue weighted by molar-refractivity contribution is 5.92. The van der Waals surface area contributed by atoms with Crippen molar-refractivity contribution in [2.45, 2.75) is 32.4 Å². The topological polar surface area (TPSA) is 68.8 Å². The minimum absolute atomic E-state index is 0.0541. The molecule has 1 unspecified atom stereocenters. The van der Waals surface area contributed by atoms with Gasteiger partial charge in [0.15, 0.2) is 5.69 Å². The van der Waals surface area contributed by atoms with Crippen LogP contribution in [0.2, 0.25) is 0 Å². The van der Waals surface area contributed by atoms with Crippen LogP contribution >= 0.6 is 0 Å². The Morgan fingerprint density at radius 2 is 2.28 bits per heavy atom. The van der Waals surface area contributed by atoms with Crippen molar-refractivity contribution in [2.24, 2.45) is 0 Å². The lowest BCUT2D eigenvalue weighted by Crippen LogP contribution is -2.38. The minimum Gasteiger partial charge on any atom is -0.335 e. The summed E-state index contributed by atoms with van der Waals surface area (Å²) in [5, 5.41) is 8.23. The zero-order chi connectivity index (χ0) is 17.2. The molecule has 128 valence electrons. The number of aromatic nitrogens is 5. The van der Waals surface area contributed by atoms with Crippen LogP contribution in [0, 0.1) is 6.92 Å². The van der Waals surface area contributed by atoms with Crippen molar-refractivity contribution in [2.75, 3.05) is 6.54 Å². The molecule has 1 fully saturated rings. The van der Waals surface area contributed by atoms with Crippen LogP contribution in [0.5, 0.6) is 0 Å². The van der Waals surface area contributed by atoms with Crippen molar-refractivity contribution in [1.82, 2.24) is 29.4 Å². The van der Waals surface area contributed by atoms with Crippen molar-refractivity contribution >= 4 is 5.91 Å². The molecule has 7 heteroatoms. The highest BCUT2D eigenvalue weighted by Gasteiger charge is 2.31. The van der Waals surface area contributed by atoms with Gasteiger partial charge in [-0.1, -0.05) is 17.3 Å². The van der Waals surface area contributed by atoms with E-state index in [0.717, 1.165) is 37.2 Å². The molecule has 1 aliphatic rings. The Labute approximate surface area is 145 Å². The first-order chi connectivity index (χ1) is 12.2. The second-order valence-electron chi connectivity index (χ2n) is 6.44. The zero-order valence-electron chi connectivity index (χ0n) is 14.1. The normalized spacial score (nSPS) is 17.2. The summed E-state index contributed by atoms with van der Waals surface area (Å²) in [5.41, 5.74) is 2.43. The molecule has 4 rings (SSSR count). The number of hydrogen-bond acceptors (Lipinski definition) is 4. The lowest BCUT2D eigenvalue weighted by atomic mass is 10.2. The van der Waals surface area contributed by atoms with E-state index in [2.05, 4.69) is 15.3 Å². The maximum atomic E-state index is 12.9. The summed E-state index contributed by atoms with van der Waals surface area (Å²) < 4.78 is 3.67. The summed E-state index contributed by atoms with van der Waals surface area (Å²) in [6.45, 7) is 3.55. The van der Waals surface area contributed by atoms with Crippen LogP contribution in [-0.2, 0) is 6.54 Å². The largest absolute Gasteiger partial charge is 0.335 e. The maximum Gasteiger partial charge on any atom is 0.276 e. The summed E-state index contributed by atoms with van der Waals surface area (Å²) in [7, 11) is 0. The molecule has 3 aromatic rings. The standard InChI is InChI=1S/C18H20N6O/c1-14-4-2-5-15(10-14)24-12-17(20-21-24)18(25)23-8-3-6-16(23)11-22-9-7-19-13-22/h2,4-5,7,9-10,12-13,16H,3,6,8,11H2,1H3. The monoisotopic (exact) mass is 336 g/mol. The Morgan fingerprint density at radius 3 is 3.08 bits per heavy atom. The third-order valence-corrected chi connectivity index (χ3v) is 4.60. The van der Waals surface area contributed by atoms with E-state index in [4.69, 9.17) is 0 Å². The third-order valence-electron chi connectivity index (χ3n) is 4.60. The minimum atomic E-state index is -0.0541. The number of likely N-dealkylation sites (tertiary alicyclic amines) is 1. The Balaban J connectivity index is 1.52. The van der Waals surface area contributed by atoms with Crippen molar-refractivity contribution in [3.05, 3.63) is 60.4 Å². The Kier molecular flexibility index (Phi) is 4.05. The van der Waals surface area contributed by atoms with Crippen LogP contribution in [0.1, 0.15) is 28.9 Å². The predicted molar refractivity (Wildman–Crippen MR) is 92.4 cm³/mol. The van der Waals surface area contributed by atoms with Gasteiger partial charge in [0.2, 0.25) is 0 Å². The van der Waals surface area contributed by atoms with Crippen LogP contribution in [0.15, 0.2) is 49.2 Å². The third kappa shape index (κ3) is 3.17. The molecule has 0 bridgehead atoms. The van der Waals surface area contributed by atoms with Crippen LogP contribution in [0.25, 0.3) is 5.69 Å². The van der Waals surface area contributed by atoms with Crippen molar-refractivity contribution in [3.63, 3.8) is 0 Å². The molecule has 2 aromatic heterocycles. The van der Waals surface area contributed by atoms with E-state index in [1.165, 1.54) is 0 Å². The van der Waals surface area contributed by atoms with E-state index in [1.807, 2.05) is 46.9 Å². The quantitative estimate of drug-likeness (QED) is 0.731. The summed E-state index contributed by atoms with van der Waals surface area (Å²) in [6.07, 6.45) is 9.19. The Hall–Kier alpha value is -2.96. The average Bonchev–Trinajstić information content (AvgIpc) is 3.36. The molecule has 0 aliphatic carbocycles. The van der Waals surface area contributed by atoms with Crippen molar-refractivity contribution < 1.29 is 4.79 Å². The number of carbonyl (C=O) groups is 1. The molecule has 1 saturated heterocycles. The maximum absolute atomic E-state index is 12.9. The smallest absolute Gasteiger partial charge is 0.276 e. The van der Waals surface area contributed by atoms with E-state index in [9.17, 15) is 4.79 Å². The molecule has 0 N–H and O–H groups in total. The first-order valence-electron chi connectivity index (χ1n) is 8.47. The molecule has 1 atom stereocenters. The van der Waals surface area contributed by atoms with Gasteiger partial charge in [0.05, 0.1) is 24.3 Å². The fourth-order valence-electron chi connectivity index (χ4n) is 3.34. The van der Waals surface area contributed by atoms with Gasteiger partial charge in [-0.25, -0.2) is 9.67 Å². The Morgan fingerprint density at radius 1 is 1.36 bits per heavy atom. The molecule has 1 amide bonds. The van der Waals surface area contributed by atoms with Gasteiger partial charge < -0.3 is 9.47 Å². The number of rotatable bonds is 4. The highest BCUT2D eigenvalue weighted by Crippen LogP contribution is 2.21. The molecule has 0 radical (unpaired) electrons. The summed E-state index contributed by atoms with van der Waals surface area (Å²) in [5.74, 6) is -0.0541. The summed E-state index contributed by atoms with van der Waals surface area (Å²) >= 11 is 0. The summed E-state index contributed by atoms with van der Waals surface area (Å²) in [6, 6.07) is 8.13. The molecule has 1 aliphatic heterocycles.